The van der Waals surface area contributed by atoms with Crippen molar-refractivity contribution in [3.05, 3.63) is 0 Å². The van der Waals surface area contributed by atoms with Gasteiger partial charge < -0.3 is 19.6 Å². The maximum Gasteiger partial charge on any atom is 0.220 e. The van der Waals surface area contributed by atoms with E-state index in [9.17, 15) is 9.59 Å². The Morgan fingerprint density at radius 1 is 1.03 bits per heavy atom. The van der Waals surface area contributed by atoms with Gasteiger partial charge in [-0.2, -0.15) is 9.78 Å². The monoisotopic (exact) mass is 422 g/mol. The minimum atomic E-state index is -1.14. The highest BCUT2D eigenvalue weighted by Gasteiger charge is 2.66. The zero-order valence-corrected chi connectivity index (χ0v) is 17.7. The van der Waals surface area contributed by atoms with E-state index in [2.05, 4.69) is 10.2 Å². The zero-order valence-electron chi connectivity index (χ0n) is 17.7. The third-order valence-corrected chi connectivity index (χ3v) is 7.93. The van der Waals surface area contributed by atoms with E-state index in [1.807, 2.05) is 0 Å². The highest BCUT2D eigenvalue weighted by molar-refractivity contribution is 5.76. The highest BCUT2D eigenvalue weighted by atomic mass is 17.3. The molecule has 4 bridgehead atoms. The molecule has 1 spiro atoms. The molecule has 6 aliphatic rings. The quantitative estimate of drug-likeness (QED) is 0.470. The number of aldehydes is 1. The molecular weight excluding hydrogens is 388 g/mol. The Morgan fingerprint density at radius 2 is 1.73 bits per heavy atom. The summed E-state index contributed by atoms with van der Waals surface area (Å²) >= 11 is 0. The molecule has 30 heavy (non-hydrogen) atoms. The van der Waals surface area contributed by atoms with Crippen molar-refractivity contribution in [2.45, 2.75) is 62.9 Å². The number of nitrogens with one attached hydrogen (secondary N) is 1. The molecule has 8 heteroatoms. The van der Waals surface area contributed by atoms with Gasteiger partial charge in [-0.05, 0) is 43.9 Å². The van der Waals surface area contributed by atoms with Crippen LogP contribution in [0.1, 0.15) is 51.4 Å². The number of carbonyl (C=O) groups is 2. The average molecular weight is 423 g/mol. The van der Waals surface area contributed by atoms with Crippen LogP contribution in [-0.2, 0) is 28.8 Å². The summed E-state index contributed by atoms with van der Waals surface area (Å²) in [5, 5.41) is 2.97. The minimum Gasteiger partial charge on any atom is -0.379 e. The van der Waals surface area contributed by atoms with Crippen LogP contribution in [0.25, 0.3) is 0 Å². The zero-order chi connectivity index (χ0) is 20.6. The fourth-order valence-electron chi connectivity index (χ4n) is 6.58. The van der Waals surface area contributed by atoms with Crippen molar-refractivity contribution in [1.29, 1.82) is 0 Å². The molecule has 1 atom stereocenters. The molecule has 168 valence electrons. The molecule has 6 rings (SSSR count). The van der Waals surface area contributed by atoms with E-state index in [0.29, 0.717) is 24.8 Å². The summed E-state index contributed by atoms with van der Waals surface area (Å²) in [6.45, 7) is 4.74. The van der Waals surface area contributed by atoms with Crippen molar-refractivity contribution in [3.63, 3.8) is 0 Å². The maximum absolute atomic E-state index is 12.4. The van der Waals surface area contributed by atoms with E-state index >= 15 is 0 Å². The van der Waals surface area contributed by atoms with Crippen LogP contribution in [0.5, 0.6) is 0 Å². The van der Waals surface area contributed by atoms with Crippen LogP contribution in [-0.4, -0.2) is 68.1 Å². The van der Waals surface area contributed by atoms with E-state index in [4.69, 9.17) is 19.2 Å². The number of nitrogens with zero attached hydrogens (tertiary/aromatic N) is 1. The smallest absolute Gasteiger partial charge is 0.220 e. The highest BCUT2D eigenvalue weighted by Crippen LogP contribution is 2.63. The van der Waals surface area contributed by atoms with Crippen LogP contribution in [0.15, 0.2) is 0 Å². The molecule has 0 aromatic rings. The summed E-state index contributed by atoms with van der Waals surface area (Å²) in [4.78, 5) is 37.8. The molecule has 1 unspecified atom stereocenters. The molecule has 6 fully saturated rings. The predicted octanol–water partition coefficient (Wildman–Crippen LogP) is 1.63. The van der Waals surface area contributed by atoms with Crippen molar-refractivity contribution >= 4 is 12.2 Å². The van der Waals surface area contributed by atoms with Gasteiger partial charge in [0, 0.05) is 50.9 Å². The van der Waals surface area contributed by atoms with Gasteiger partial charge in [-0.1, -0.05) is 0 Å². The summed E-state index contributed by atoms with van der Waals surface area (Å²) < 4.78 is 11.9. The van der Waals surface area contributed by atoms with Gasteiger partial charge in [0.2, 0.25) is 17.5 Å². The van der Waals surface area contributed by atoms with Gasteiger partial charge in [0.05, 0.1) is 19.6 Å². The van der Waals surface area contributed by atoms with E-state index < -0.39 is 11.6 Å². The third kappa shape index (κ3) is 3.93. The summed E-state index contributed by atoms with van der Waals surface area (Å²) in [6.07, 6.45) is 7.29. The van der Waals surface area contributed by atoms with Crippen molar-refractivity contribution in [3.8, 4) is 0 Å². The Balaban J connectivity index is 1.15. The second-order valence-electron chi connectivity index (χ2n) is 9.88. The molecule has 4 aliphatic carbocycles. The topological polar surface area (TPSA) is 86.3 Å². The Hall–Kier alpha value is -1.06. The molecule has 0 aromatic carbocycles. The first-order chi connectivity index (χ1) is 14.6. The van der Waals surface area contributed by atoms with Crippen LogP contribution in [0, 0.1) is 23.7 Å². The van der Waals surface area contributed by atoms with Gasteiger partial charge >= 0.3 is 0 Å². The standard InChI is InChI=1S/C22H34N2O6/c25-8-3-21(2-1-20(26)23-4-5-24-6-9-27-10-7-24)28-22(30-29-21)18-12-16-11-17(14-18)15-19(22)13-16/h8,16-19H,1-7,9-15H2,(H,23,26). The molecule has 4 saturated carbocycles. The van der Waals surface area contributed by atoms with E-state index in [1.165, 1.54) is 6.42 Å². The first kappa shape index (κ1) is 20.8. The molecule has 1 N–H and O–H groups in total. The van der Waals surface area contributed by atoms with Gasteiger partial charge in [0.15, 0.2) is 0 Å². The minimum absolute atomic E-state index is 0.0493. The van der Waals surface area contributed by atoms with Crippen molar-refractivity contribution in [1.82, 2.24) is 10.2 Å². The van der Waals surface area contributed by atoms with Gasteiger partial charge in [0.25, 0.3) is 0 Å². The lowest BCUT2D eigenvalue weighted by Crippen LogP contribution is -2.59. The molecule has 2 heterocycles. The number of rotatable bonds is 8. The summed E-state index contributed by atoms with van der Waals surface area (Å²) in [5.74, 6) is 0.329. The molecule has 2 saturated heterocycles. The van der Waals surface area contributed by atoms with E-state index in [0.717, 1.165) is 76.7 Å². The maximum atomic E-state index is 12.4. The second kappa shape index (κ2) is 8.47. The lowest BCUT2D eigenvalue weighted by atomic mass is 9.53. The molecule has 2 aliphatic heterocycles. The number of hydrogen-bond donors (Lipinski definition) is 1. The van der Waals surface area contributed by atoms with Crippen molar-refractivity contribution in [2.24, 2.45) is 23.7 Å². The molecular formula is C22H34N2O6. The van der Waals surface area contributed by atoms with Crippen molar-refractivity contribution < 1.29 is 28.8 Å². The third-order valence-electron chi connectivity index (χ3n) is 7.93. The van der Waals surface area contributed by atoms with Crippen molar-refractivity contribution in [2.75, 3.05) is 39.4 Å². The van der Waals surface area contributed by atoms with Crippen LogP contribution >= 0.6 is 0 Å². The predicted molar refractivity (Wildman–Crippen MR) is 106 cm³/mol. The molecule has 1 amide bonds. The largest absolute Gasteiger partial charge is 0.379 e. The van der Waals surface area contributed by atoms with Gasteiger partial charge in [-0.25, -0.2) is 0 Å². The number of morpholine rings is 1. The Bertz CT molecular complexity index is 624. The van der Waals surface area contributed by atoms with Crippen LogP contribution in [0.3, 0.4) is 0 Å². The number of ether oxygens (including phenoxy) is 2. The van der Waals surface area contributed by atoms with Crippen LogP contribution < -0.4 is 5.32 Å². The van der Waals surface area contributed by atoms with Crippen LogP contribution in [0.4, 0.5) is 0 Å². The number of hydrogen-bond acceptors (Lipinski definition) is 7. The average Bonchev–Trinajstić information content (AvgIpc) is 3.12. The SMILES string of the molecule is O=CCC1(CCC(=O)NCCN2CCOCC2)OOC2(O1)C1CC3CC(C1)CC2C3. The lowest BCUT2D eigenvalue weighted by molar-refractivity contribution is -0.388. The molecule has 8 nitrogen and oxygen atoms in total. The lowest BCUT2D eigenvalue weighted by Gasteiger charge is -2.57. The first-order valence-corrected chi connectivity index (χ1v) is 11.7. The Morgan fingerprint density at radius 3 is 2.40 bits per heavy atom. The summed E-state index contributed by atoms with van der Waals surface area (Å²) in [7, 11) is 0. The second-order valence-corrected chi connectivity index (χ2v) is 9.88. The summed E-state index contributed by atoms with van der Waals surface area (Å²) in [6, 6.07) is 0. The Kier molecular flexibility index (Phi) is 5.88. The van der Waals surface area contributed by atoms with Crippen LogP contribution in [0.2, 0.25) is 0 Å². The van der Waals surface area contributed by atoms with E-state index in [1.54, 1.807) is 0 Å². The fraction of sp³-hybridized carbons (Fsp3) is 0.909. The molecule has 0 aromatic heterocycles. The number of carbonyl (C=O) groups excluding carboxylic acids is 2. The summed E-state index contributed by atoms with van der Waals surface area (Å²) in [5.41, 5.74) is 0. The number of amides is 1. The Labute approximate surface area is 177 Å². The van der Waals surface area contributed by atoms with Gasteiger partial charge in [-0.15, -0.1) is 0 Å². The van der Waals surface area contributed by atoms with Gasteiger partial charge in [0.1, 0.15) is 6.29 Å². The van der Waals surface area contributed by atoms with E-state index in [-0.39, 0.29) is 18.7 Å². The molecule has 0 radical (unpaired) electrons. The normalized spacial score (nSPS) is 42.7. The fourth-order valence-corrected chi connectivity index (χ4v) is 6.58. The first-order valence-electron chi connectivity index (χ1n) is 11.7. The van der Waals surface area contributed by atoms with Gasteiger partial charge in [-0.3, -0.25) is 9.69 Å².